The Labute approximate surface area is 162 Å². The number of hydrogen-bond acceptors (Lipinski definition) is 4. The monoisotopic (exact) mass is 382 g/mol. The smallest absolute Gasteiger partial charge is 0.286 e. The summed E-state index contributed by atoms with van der Waals surface area (Å²) in [7, 11) is 0. The Balaban J connectivity index is 1.89. The molecule has 0 unspecified atom stereocenters. The lowest BCUT2D eigenvalue weighted by atomic mass is 10.2. The number of rotatable bonds is 7. The third-order valence-corrected chi connectivity index (χ3v) is 4.98. The van der Waals surface area contributed by atoms with Gasteiger partial charge in [-0.3, -0.25) is 4.79 Å². The van der Waals surface area contributed by atoms with E-state index in [-0.39, 0.29) is 12.5 Å². The molecule has 3 aromatic rings. The number of para-hydroxylation sites is 1. The standard InChI is InChI=1S/C21H22N2O3S/c1-4-12-23-17-11-10-16(25-5-2)13-19(17)27-21(23)22-20(24)14-26-18-9-7-6-8-15(18)3/h4,6-11,13H,1,5,12,14H2,2-3H3. The van der Waals surface area contributed by atoms with Gasteiger partial charge in [0.25, 0.3) is 5.91 Å². The van der Waals surface area contributed by atoms with Gasteiger partial charge < -0.3 is 14.0 Å². The van der Waals surface area contributed by atoms with Gasteiger partial charge in [-0.25, -0.2) is 0 Å². The minimum absolute atomic E-state index is 0.0998. The van der Waals surface area contributed by atoms with Crippen molar-refractivity contribution in [3.8, 4) is 11.5 Å². The van der Waals surface area contributed by atoms with E-state index in [0.717, 1.165) is 21.5 Å². The van der Waals surface area contributed by atoms with Gasteiger partial charge in [-0.15, -0.1) is 6.58 Å². The van der Waals surface area contributed by atoms with Crippen LogP contribution >= 0.6 is 11.3 Å². The maximum absolute atomic E-state index is 12.4. The highest BCUT2D eigenvalue weighted by molar-refractivity contribution is 7.16. The molecular weight excluding hydrogens is 360 g/mol. The first-order chi connectivity index (χ1) is 13.1. The third kappa shape index (κ3) is 4.46. The second-order valence-electron chi connectivity index (χ2n) is 5.91. The zero-order chi connectivity index (χ0) is 19.2. The van der Waals surface area contributed by atoms with E-state index < -0.39 is 0 Å². The van der Waals surface area contributed by atoms with Crippen LogP contribution in [0.5, 0.6) is 11.5 Å². The van der Waals surface area contributed by atoms with Crippen molar-refractivity contribution in [3.63, 3.8) is 0 Å². The predicted octanol–water partition coefficient (Wildman–Crippen LogP) is 4.10. The average molecular weight is 382 g/mol. The molecule has 0 aliphatic carbocycles. The van der Waals surface area contributed by atoms with Crippen LogP contribution in [-0.4, -0.2) is 23.7 Å². The lowest BCUT2D eigenvalue weighted by Crippen LogP contribution is -2.19. The summed E-state index contributed by atoms with van der Waals surface area (Å²) in [6.07, 6.45) is 1.79. The van der Waals surface area contributed by atoms with Crippen molar-refractivity contribution in [1.29, 1.82) is 0 Å². The summed E-state index contributed by atoms with van der Waals surface area (Å²) >= 11 is 1.45. The summed E-state index contributed by atoms with van der Waals surface area (Å²) in [4.78, 5) is 17.2. The Morgan fingerprint density at radius 1 is 1.26 bits per heavy atom. The number of ether oxygens (including phenoxy) is 2. The molecule has 0 atom stereocenters. The van der Waals surface area contributed by atoms with E-state index in [1.807, 2.05) is 60.9 Å². The summed E-state index contributed by atoms with van der Waals surface area (Å²) in [5, 5.41) is 0. The van der Waals surface area contributed by atoms with Crippen LogP contribution in [0.1, 0.15) is 12.5 Å². The molecule has 1 amide bonds. The van der Waals surface area contributed by atoms with E-state index in [2.05, 4.69) is 11.6 Å². The van der Waals surface area contributed by atoms with Crippen molar-refractivity contribution in [2.45, 2.75) is 20.4 Å². The van der Waals surface area contributed by atoms with Gasteiger partial charge in [-0.05, 0) is 43.7 Å². The largest absolute Gasteiger partial charge is 0.494 e. The number of nitrogens with zero attached hydrogens (tertiary/aromatic N) is 2. The minimum atomic E-state index is -0.326. The molecule has 5 nitrogen and oxygen atoms in total. The van der Waals surface area contributed by atoms with Crippen molar-refractivity contribution in [1.82, 2.24) is 4.57 Å². The first-order valence-corrected chi connectivity index (χ1v) is 9.57. The van der Waals surface area contributed by atoms with Gasteiger partial charge in [0, 0.05) is 6.54 Å². The summed E-state index contributed by atoms with van der Waals surface area (Å²) < 4.78 is 14.1. The molecule has 0 bridgehead atoms. The fourth-order valence-electron chi connectivity index (χ4n) is 2.70. The van der Waals surface area contributed by atoms with Crippen LogP contribution in [-0.2, 0) is 11.3 Å². The number of allylic oxidation sites excluding steroid dienone is 1. The second-order valence-corrected chi connectivity index (χ2v) is 6.92. The third-order valence-electron chi connectivity index (χ3n) is 3.94. The molecule has 0 spiro atoms. The quantitative estimate of drug-likeness (QED) is 0.578. The van der Waals surface area contributed by atoms with Crippen molar-refractivity contribution in [2.24, 2.45) is 4.99 Å². The van der Waals surface area contributed by atoms with Crippen LogP contribution in [0, 0.1) is 6.92 Å². The number of fused-ring (bicyclic) bond motifs is 1. The zero-order valence-corrected chi connectivity index (χ0v) is 16.3. The van der Waals surface area contributed by atoms with E-state index in [9.17, 15) is 4.79 Å². The van der Waals surface area contributed by atoms with Gasteiger partial charge in [0.2, 0.25) is 0 Å². The van der Waals surface area contributed by atoms with Gasteiger partial charge in [-0.1, -0.05) is 35.6 Å². The maximum Gasteiger partial charge on any atom is 0.286 e. The molecule has 0 saturated heterocycles. The van der Waals surface area contributed by atoms with Crippen LogP contribution in [0.2, 0.25) is 0 Å². The maximum atomic E-state index is 12.4. The Morgan fingerprint density at radius 3 is 2.81 bits per heavy atom. The molecule has 140 valence electrons. The number of hydrogen-bond donors (Lipinski definition) is 0. The lowest BCUT2D eigenvalue weighted by molar-refractivity contribution is -0.120. The summed E-state index contributed by atoms with van der Waals surface area (Å²) in [5.41, 5.74) is 1.98. The van der Waals surface area contributed by atoms with Crippen LogP contribution < -0.4 is 14.3 Å². The van der Waals surface area contributed by atoms with Crippen molar-refractivity contribution >= 4 is 27.5 Å². The highest BCUT2D eigenvalue weighted by atomic mass is 32.1. The second kappa shape index (κ2) is 8.68. The van der Waals surface area contributed by atoms with Crippen LogP contribution in [0.3, 0.4) is 0 Å². The van der Waals surface area contributed by atoms with E-state index in [1.54, 1.807) is 6.08 Å². The molecule has 0 fully saturated rings. The molecule has 0 saturated carbocycles. The number of amides is 1. The first-order valence-electron chi connectivity index (χ1n) is 8.75. The highest BCUT2D eigenvalue weighted by Crippen LogP contribution is 2.23. The van der Waals surface area contributed by atoms with Gasteiger partial charge in [0.1, 0.15) is 11.5 Å². The lowest BCUT2D eigenvalue weighted by Gasteiger charge is -2.06. The molecule has 1 aromatic heterocycles. The van der Waals surface area contributed by atoms with Crippen molar-refractivity contribution < 1.29 is 14.3 Å². The van der Waals surface area contributed by atoms with Crippen LogP contribution in [0.4, 0.5) is 0 Å². The number of aromatic nitrogens is 1. The van der Waals surface area contributed by atoms with E-state index >= 15 is 0 Å². The summed E-state index contributed by atoms with van der Waals surface area (Å²) in [6, 6.07) is 13.5. The molecule has 3 rings (SSSR count). The summed E-state index contributed by atoms with van der Waals surface area (Å²) in [6.45, 7) is 8.77. The highest BCUT2D eigenvalue weighted by Gasteiger charge is 2.09. The average Bonchev–Trinajstić information content (AvgIpc) is 2.98. The van der Waals surface area contributed by atoms with E-state index in [0.29, 0.717) is 23.7 Å². The minimum Gasteiger partial charge on any atom is -0.494 e. The normalized spacial score (nSPS) is 11.6. The summed E-state index contributed by atoms with van der Waals surface area (Å²) in [5.74, 6) is 1.17. The van der Waals surface area contributed by atoms with Crippen molar-refractivity contribution in [2.75, 3.05) is 13.2 Å². The van der Waals surface area contributed by atoms with Gasteiger partial charge in [0.05, 0.1) is 16.8 Å². The van der Waals surface area contributed by atoms with Crippen LogP contribution in [0.15, 0.2) is 60.1 Å². The Kier molecular flexibility index (Phi) is 6.08. The Hall–Kier alpha value is -2.86. The molecule has 0 aliphatic rings. The van der Waals surface area contributed by atoms with Gasteiger partial charge in [-0.2, -0.15) is 4.99 Å². The topological polar surface area (TPSA) is 52.8 Å². The number of thiazole rings is 1. The Morgan fingerprint density at radius 2 is 2.07 bits per heavy atom. The van der Waals surface area contributed by atoms with Gasteiger partial charge >= 0.3 is 0 Å². The molecule has 0 radical (unpaired) electrons. The fourth-order valence-corrected chi connectivity index (χ4v) is 3.78. The molecule has 2 aromatic carbocycles. The SMILES string of the molecule is C=CCn1c(=NC(=O)COc2ccccc2C)sc2cc(OCC)ccc21. The number of benzene rings is 2. The molecule has 0 N–H and O–H groups in total. The molecular formula is C21H22N2O3S. The number of carbonyl (C=O) groups is 1. The van der Waals surface area contributed by atoms with Crippen molar-refractivity contribution in [3.05, 3.63) is 65.5 Å². The van der Waals surface area contributed by atoms with Crippen LogP contribution in [0.25, 0.3) is 10.2 Å². The first kappa shape index (κ1) is 18.9. The molecule has 1 heterocycles. The number of aryl methyl sites for hydroxylation is 1. The molecule has 0 aliphatic heterocycles. The zero-order valence-electron chi connectivity index (χ0n) is 15.5. The van der Waals surface area contributed by atoms with E-state index in [1.165, 1.54) is 11.3 Å². The van der Waals surface area contributed by atoms with E-state index in [4.69, 9.17) is 9.47 Å². The Bertz CT molecular complexity index is 1030. The molecule has 6 heteroatoms. The molecule has 27 heavy (non-hydrogen) atoms. The number of carbonyl (C=O) groups excluding carboxylic acids is 1. The fraction of sp³-hybridized carbons (Fsp3) is 0.238. The van der Waals surface area contributed by atoms with Gasteiger partial charge in [0.15, 0.2) is 11.4 Å². The predicted molar refractivity (Wildman–Crippen MR) is 108 cm³/mol.